The van der Waals surface area contributed by atoms with Crippen molar-refractivity contribution in [3.63, 3.8) is 0 Å². The largest absolute Gasteiger partial charge is 1.00 e. The van der Waals surface area contributed by atoms with Crippen molar-refractivity contribution >= 4 is 80.4 Å². The van der Waals surface area contributed by atoms with E-state index in [1.165, 1.54) is 35.5 Å². The number of carboxylic acids is 1. The van der Waals surface area contributed by atoms with E-state index in [-0.39, 0.29) is 118 Å². The van der Waals surface area contributed by atoms with E-state index in [2.05, 4.69) is 23.7 Å². The molecule has 0 amide bonds. The number of aliphatic hydroxyl groups is 1. The minimum Gasteiger partial charge on any atom is -0.755 e. The van der Waals surface area contributed by atoms with Gasteiger partial charge in [-0.2, -0.15) is 0 Å². The molecule has 0 aromatic rings. The number of methoxy groups -OCH3 is 5. The number of aliphatic carboxylic acids is 1. The zero-order chi connectivity index (χ0) is 50.0. The standard InChI is InChI=1S/C9H13ClO3.C9H16O6S.C9H14O4.2C9H14O3.Na/c1-13-9(12)7-4-2-6(3-5-7)8(10)11;1-15-8(10)6-2-4-7(5-3-6)9(11)16(12,13)14;1-13-9(12)7-4-2-6(3-5-7)8(10)11;2*1-12-9(11)8-4-2-7(6-10)3-5-8;/h6-7H,2-5H2,1H3;6-7,11H,2-5H2,1H3,(H2,12,13,14);6-7H,2-5H2,1H3,(H,10,11);2*6-8H,2-5H2,1H3;/q;;;;;+1/p-1. The van der Waals surface area contributed by atoms with E-state index < -0.39 is 27.0 Å². The van der Waals surface area contributed by atoms with Crippen molar-refractivity contribution in [2.75, 3.05) is 35.5 Å². The Morgan fingerprint density at radius 1 is 0.448 bits per heavy atom. The molecule has 0 aromatic heterocycles. The summed E-state index contributed by atoms with van der Waals surface area (Å²) in [4.78, 5) is 97.6. The molecule has 1 atom stereocenters. The quantitative estimate of drug-likeness (QED) is 0.0708. The number of carboxylic acid groups (broad SMARTS) is 1. The molecule has 0 aromatic carbocycles. The summed E-state index contributed by atoms with van der Waals surface area (Å²) in [6.07, 6.45) is 15.5. The fraction of sp³-hybridized carbons (Fsp3) is 0.778. The van der Waals surface area contributed by atoms with Gasteiger partial charge in [-0.15, -0.1) is 0 Å². The maximum Gasteiger partial charge on any atom is 1.00 e. The topological polar surface area (TPSA) is 301 Å². The first-order valence-electron chi connectivity index (χ1n) is 22.5. The average molecular weight is 1010 g/mol. The summed E-state index contributed by atoms with van der Waals surface area (Å²) < 4.78 is 53.1. The first-order valence-corrected chi connectivity index (χ1v) is 24.3. The van der Waals surface area contributed by atoms with Gasteiger partial charge in [0.1, 0.15) is 17.6 Å². The third-order valence-electron chi connectivity index (χ3n) is 13.1. The normalized spacial score (nSPS) is 28.4. The zero-order valence-corrected chi connectivity index (χ0v) is 43.3. The maximum absolute atomic E-state index is 11.2. The van der Waals surface area contributed by atoms with Gasteiger partial charge in [0.15, 0.2) is 0 Å². The molecule has 0 saturated heterocycles. The third-order valence-corrected chi connectivity index (χ3v) is 14.2. The van der Waals surface area contributed by atoms with Crippen LogP contribution in [0.15, 0.2) is 0 Å². The Balaban J connectivity index is 0.000000813. The van der Waals surface area contributed by atoms with E-state index in [9.17, 15) is 57.0 Å². The molecule has 5 aliphatic carbocycles. The monoisotopic (exact) mass is 1000 g/mol. The van der Waals surface area contributed by atoms with Gasteiger partial charge in [-0.1, -0.05) is 0 Å². The van der Waals surface area contributed by atoms with Crippen LogP contribution in [0.3, 0.4) is 0 Å². The molecule has 378 valence electrons. The fourth-order valence-electron chi connectivity index (χ4n) is 8.73. The van der Waals surface area contributed by atoms with Crippen LogP contribution in [0, 0.1) is 59.2 Å². The molecular formula is C45H70ClNaO19S. The Morgan fingerprint density at radius 2 is 0.657 bits per heavy atom. The molecule has 0 bridgehead atoms. The first-order chi connectivity index (χ1) is 31.2. The molecule has 5 rings (SSSR count). The summed E-state index contributed by atoms with van der Waals surface area (Å²) in [7, 11) is 2.39. The van der Waals surface area contributed by atoms with Crippen molar-refractivity contribution in [2.24, 2.45) is 59.2 Å². The molecule has 3 N–H and O–H groups in total. The SMILES string of the molecule is COC(=O)C1CCC(C(=O)Cl)CC1.COC(=O)C1CCC(C(=O)O)CC1.COC(=O)C1CCC(C(O)=S(=O)([O-])O)CC1.COC(=O)C1CCC(C=O)CC1.COC(=O)C1CCC(C=O)CC1.[Na+]. The van der Waals surface area contributed by atoms with Crippen molar-refractivity contribution in [2.45, 2.75) is 128 Å². The van der Waals surface area contributed by atoms with Gasteiger partial charge >= 0.3 is 65.4 Å². The Hall–Kier alpha value is -2.98. The maximum atomic E-state index is 11.2. The van der Waals surface area contributed by atoms with Crippen LogP contribution in [-0.4, -0.2) is 118 Å². The molecule has 19 nitrogen and oxygen atoms in total. The zero-order valence-electron chi connectivity index (χ0n) is 39.7. The van der Waals surface area contributed by atoms with Crippen LogP contribution in [0.1, 0.15) is 128 Å². The van der Waals surface area contributed by atoms with E-state index in [1.54, 1.807) is 0 Å². The van der Waals surface area contributed by atoms with Crippen LogP contribution in [0.5, 0.6) is 0 Å². The van der Waals surface area contributed by atoms with Crippen LogP contribution in [-0.2, 0) is 76.9 Å². The van der Waals surface area contributed by atoms with Crippen molar-refractivity contribution in [1.29, 1.82) is 0 Å². The van der Waals surface area contributed by atoms with Crippen molar-refractivity contribution in [3.05, 3.63) is 0 Å². The van der Waals surface area contributed by atoms with Gasteiger partial charge in [0.05, 0.1) is 71.1 Å². The number of hydrogen-bond acceptors (Lipinski definition) is 16. The number of carbonyl (C=O) groups is 9. The van der Waals surface area contributed by atoms with Gasteiger partial charge in [-0.25, -0.2) is 0 Å². The van der Waals surface area contributed by atoms with Gasteiger partial charge in [0.2, 0.25) is 5.24 Å². The van der Waals surface area contributed by atoms with Gasteiger partial charge in [-0.05, 0) is 140 Å². The second-order valence-corrected chi connectivity index (χ2v) is 19.0. The molecule has 1 unspecified atom stereocenters. The molecule has 5 saturated carbocycles. The van der Waals surface area contributed by atoms with Crippen LogP contribution in [0.2, 0.25) is 0 Å². The number of aliphatic hydroxyl groups excluding tert-OH is 1. The van der Waals surface area contributed by atoms with Crippen LogP contribution in [0.25, 0.3) is 0 Å². The summed E-state index contributed by atoms with van der Waals surface area (Å²) in [5.74, 6) is -2.53. The molecule has 5 fully saturated rings. The van der Waals surface area contributed by atoms with Crippen LogP contribution >= 0.6 is 11.6 Å². The van der Waals surface area contributed by atoms with Crippen molar-refractivity contribution in [1.82, 2.24) is 0 Å². The molecule has 22 heteroatoms. The summed E-state index contributed by atoms with van der Waals surface area (Å²) in [6.45, 7) is 0. The first kappa shape index (κ1) is 64.0. The molecular weight excluding hydrogens is 935 g/mol. The molecule has 0 spiro atoms. The Bertz CT molecular complexity index is 1600. The predicted octanol–water partition coefficient (Wildman–Crippen LogP) is 2.66. The summed E-state index contributed by atoms with van der Waals surface area (Å²) in [5, 5.41) is 16.8. The number of ether oxygens (including phenoxy) is 5. The van der Waals surface area contributed by atoms with E-state index in [1.807, 2.05) is 0 Å². The Kier molecular flexibility index (Phi) is 32.8. The third kappa shape index (κ3) is 23.9. The summed E-state index contributed by atoms with van der Waals surface area (Å²) in [5.41, 5.74) is 0. The van der Waals surface area contributed by atoms with Gasteiger partial charge < -0.3 is 52.6 Å². The van der Waals surface area contributed by atoms with Gasteiger partial charge in [0.25, 0.3) is 0 Å². The van der Waals surface area contributed by atoms with Crippen molar-refractivity contribution in [3.8, 4) is 0 Å². The van der Waals surface area contributed by atoms with Gasteiger partial charge in [-0.3, -0.25) is 37.8 Å². The molecule has 0 aliphatic heterocycles. The Labute approximate surface area is 421 Å². The number of halogens is 1. The van der Waals surface area contributed by atoms with Gasteiger partial charge in [0, 0.05) is 33.8 Å². The van der Waals surface area contributed by atoms with E-state index in [4.69, 9.17) is 21.3 Å². The molecule has 5 aliphatic rings. The minimum atomic E-state index is -4.49. The summed E-state index contributed by atoms with van der Waals surface area (Å²) >= 11 is 5.36. The smallest absolute Gasteiger partial charge is 0.755 e. The van der Waals surface area contributed by atoms with Crippen molar-refractivity contribution < 1.29 is 120 Å². The average Bonchev–Trinajstić information content (AvgIpc) is 3.35. The van der Waals surface area contributed by atoms with E-state index >= 15 is 0 Å². The van der Waals surface area contributed by atoms with E-state index in [0.29, 0.717) is 64.2 Å². The van der Waals surface area contributed by atoms with Crippen LogP contribution < -0.4 is 29.6 Å². The number of carbonyl (C=O) groups excluding carboxylic acids is 8. The summed E-state index contributed by atoms with van der Waals surface area (Å²) in [6, 6.07) is 0. The minimum absolute atomic E-state index is 0. The Morgan fingerprint density at radius 3 is 0.851 bits per heavy atom. The molecule has 67 heavy (non-hydrogen) atoms. The second kappa shape index (κ2) is 34.3. The predicted molar refractivity (Wildman–Crippen MR) is 237 cm³/mol. The number of esters is 5. The van der Waals surface area contributed by atoms with E-state index in [0.717, 1.165) is 76.8 Å². The molecule has 0 radical (unpaired) electrons. The number of rotatable bonds is 10. The number of hydrogen-bond donors (Lipinski definition) is 3. The van der Waals surface area contributed by atoms with Crippen LogP contribution in [0.4, 0.5) is 0 Å². The second-order valence-electron chi connectivity index (χ2n) is 17.2. The fourth-order valence-corrected chi connectivity index (χ4v) is 9.61. The molecule has 0 heterocycles. The number of aldehydes is 2.